The van der Waals surface area contributed by atoms with Gasteiger partial charge < -0.3 is 39.2 Å². The number of hydrogen-bond donors (Lipinski definition) is 4. The molecule has 2 amide bonds. The second-order valence-electron chi connectivity index (χ2n) is 12.4. The highest BCUT2D eigenvalue weighted by molar-refractivity contribution is 5.95. The number of carboxylic acid groups (broad SMARTS) is 2. The maximum Gasteiger partial charge on any atom is 0.305 e. The second-order valence-corrected chi connectivity index (χ2v) is 12.4. The third kappa shape index (κ3) is 10.5. The van der Waals surface area contributed by atoms with E-state index >= 15 is 0 Å². The summed E-state index contributed by atoms with van der Waals surface area (Å²) < 4.78 is 21.5. The minimum Gasteiger partial charge on any atom is -0.497 e. The third-order valence-electron chi connectivity index (χ3n) is 8.45. The van der Waals surface area contributed by atoms with Gasteiger partial charge in [-0.05, 0) is 73.5 Å². The molecule has 6 aromatic rings. The first-order valence-electron chi connectivity index (χ1n) is 17.3. The molecule has 14 nitrogen and oxygen atoms in total. The van der Waals surface area contributed by atoms with E-state index in [0.717, 1.165) is 11.1 Å². The number of rotatable bonds is 14. The van der Waals surface area contributed by atoms with Crippen molar-refractivity contribution in [3.63, 3.8) is 0 Å². The Kier molecular flexibility index (Phi) is 13.3. The summed E-state index contributed by atoms with van der Waals surface area (Å²) in [7, 11) is 3.07. The van der Waals surface area contributed by atoms with Crippen LogP contribution in [0.2, 0.25) is 0 Å². The van der Waals surface area contributed by atoms with Gasteiger partial charge in [-0.25, -0.2) is 9.97 Å². The van der Waals surface area contributed by atoms with Crippen LogP contribution in [0, 0.1) is 13.8 Å². The average molecular weight is 761 g/mol. The van der Waals surface area contributed by atoms with Gasteiger partial charge in [0.15, 0.2) is 11.4 Å². The standard InChI is InChI=1S/2C21H20N2O5/c1-13-19(23-21(28-13)14-7-4-3-5-8-14)20(26)22-17(12-18(24)25)15-9-6-10-16(11-15)27-2;1-13-19(23-21(28-13)15-6-4-3-5-7-15)20(26)22-17(12-18(24)25)14-8-10-16(27-2)11-9-14/h2*3-11,17H,12H2,1-2H3,(H,22,26)(H,24,25)/t2*17-/m00/s1. The van der Waals surface area contributed by atoms with Gasteiger partial charge in [-0.2, -0.15) is 0 Å². The molecule has 2 aromatic heterocycles. The molecule has 2 heterocycles. The predicted molar refractivity (Wildman–Crippen MR) is 204 cm³/mol. The van der Waals surface area contributed by atoms with E-state index in [9.17, 15) is 29.4 Å². The van der Waals surface area contributed by atoms with Crippen LogP contribution in [0.3, 0.4) is 0 Å². The predicted octanol–water partition coefficient (Wildman–Crippen LogP) is 7.21. The van der Waals surface area contributed by atoms with Crippen LogP contribution < -0.4 is 20.1 Å². The van der Waals surface area contributed by atoms with Crippen LogP contribution in [0.5, 0.6) is 11.5 Å². The molecule has 56 heavy (non-hydrogen) atoms. The summed E-state index contributed by atoms with van der Waals surface area (Å²) in [6, 6.07) is 30.8. The number of hydrogen-bond acceptors (Lipinski definition) is 10. The third-order valence-corrected chi connectivity index (χ3v) is 8.45. The van der Waals surface area contributed by atoms with E-state index in [1.54, 1.807) is 69.5 Å². The van der Waals surface area contributed by atoms with E-state index in [4.69, 9.17) is 18.3 Å². The Bertz CT molecular complexity index is 2270. The summed E-state index contributed by atoms with van der Waals surface area (Å²) in [5.74, 6) is -0.450. The number of amides is 2. The maximum absolute atomic E-state index is 12.8. The highest BCUT2D eigenvalue weighted by Gasteiger charge is 2.25. The number of oxazole rings is 2. The smallest absolute Gasteiger partial charge is 0.305 e. The van der Waals surface area contributed by atoms with Crippen LogP contribution >= 0.6 is 0 Å². The molecule has 0 spiro atoms. The molecule has 6 rings (SSSR count). The van der Waals surface area contributed by atoms with Gasteiger partial charge in [0, 0.05) is 11.1 Å². The van der Waals surface area contributed by atoms with Gasteiger partial charge in [0.1, 0.15) is 23.0 Å². The zero-order chi connectivity index (χ0) is 40.2. The molecule has 14 heteroatoms. The van der Waals surface area contributed by atoms with Gasteiger partial charge in [-0.1, -0.05) is 60.7 Å². The number of benzene rings is 4. The van der Waals surface area contributed by atoms with Crippen molar-refractivity contribution in [3.05, 3.63) is 143 Å². The van der Waals surface area contributed by atoms with Crippen molar-refractivity contribution in [2.75, 3.05) is 14.2 Å². The largest absolute Gasteiger partial charge is 0.497 e. The number of carbonyl (C=O) groups excluding carboxylic acids is 2. The van der Waals surface area contributed by atoms with Crippen molar-refractivity contribution in [2.24, 2.45) is 0 Å². The van der Waals surface area contributed by atoms with Crippen molar-refractivity contribution < 1.29 is 47.7 Å². The number of methoxy groups -OCH3 is 2. The zero-order valence-electron chi connectivity index (χ0n) is 31.0. The molecule has 2 atom stereocenters. The first-order valence-corrected chi connectivity index (χ1v) is 17.3. The summed E-state index contributed by atoms with van der Waals surface area (Å²) in [6.07, 6.45) is -0.540. The maximum atomic E-state index is 12.8. The SMILES string of the molecule is COc1ccc([C@H](CC(=O)O)NC(=O)c2nc(-c3ccccc3)oc2C)cc1.COc1cccc([C@H](CC(=O)O)NC(=O)c2nc(-c3ccccc3)oc2C)c1. The van der Waals surface area contributed by atoms with Gasteiger partial charge >= 0.3 is 11.9 Å². The lowest BCUT2D eigenvalue weighted by Gasteiger charge is -2.17. The molecule has 0 saturated heterocycles. The molecule has 0 saturated carbocycles. The molecule has 0 bridgehead atoms. The number of carboxylic acids is 2. The van der Waals surface area contributed by atoms with Crippen molar-refractivity contribution in [1.29, 1.82) is 0 Å². The number of nitrogens with zero attached hydrogens (tertiary/aromatic N) is 2. The van der Waals surface area contributed by atoms with Gasteiger partial charge in [0.2, 0.25) is 11.8 Å². The Labute approximate surface area is 322 Å². The number of carbonyl (C=O) groups is 4. The van der Waals surface area contributed by atoms with Crippen LogP contribution in [-0.4, -0.2) is 58.2 Å². The fraction of sp³-hybridized carbons (Fsp3) is 0.190. The van der Waals surface area contributed by atoms with E-state index in [-0.39, 0.29) is 24.2 Å². The van der Waals surface area contributed by atoms with Crippen LogP contribution in [0.25, 0.3) is 22.9 Å². The Balaban J connectivity index is 0.000000214. The Morgan fingerprint density at radius 2 is 1.04 bits per heavy atom. The fourth-order valence-electron chi connectivity index (χ4n) is 5.62. The second kappa shape index (κ2) is 18.7. The Hall–Kier alpha value is -7.22. The highest BCUT2D eigenvalue weighted by Crippen LogP contribution is 2.26. The summed E-state index contributed by atoms with van der Waals surface area (Å²) in [6.45, 7) is 3.29. The summed E-state index contributed by atoms with van der Waals surface area (Å²) in [4.78, 5) is 56.7. The normalized spacial score (nSPS) is 11.6. The van der Waals surface area contributed by atoms with Crippen LogP contribution in [-0.2, 0) is 9.59 Å². The molecule has 0 fully saturated rings. The lowest BCUT2D eigenvalue weighted by molar-refractivity contribution is -0.138. The van der Waals surface area contributed by atoms with E-state index in [0.29, 0.717) is 45.9 Å². The minimum atomic E-state index is -1.03. The lowest BCUT2D eigenvalue weighted by Crippen LogP contribution is -2.30. The first kappa shape index (κ1) is 40.0. The highest BCUT2D eigenvalue weighted by atomic mass is 16.5. The summed E-state index contributed by atoms with van der Waals surface area (Å²) in [5, 5.41) is 24.0. The minimum absolute atomic E-state index is 0.122. The fourth-order valence-corrected chi connectivity index (χ4v) is 5.62. The van der Waals surface area contributed by atoms with Crippen molar-refractivity contribution in [2.45, 2.75) is 38.8 Å². The number of nitrogens with one attached hydrogen (secondary N) is 2. The number of ether oxygens (including phenoxy) is 2. The molecular weight excluding hydrogens is 720 g/mol. The van der Waals surface area contributed by atoms with Crippen molar-refractivity contribution in [1.82, 2.24) is 20.6 Å². The number of aliphatic carboxylic acids is 2. The van der Waals surface area contributed by atoms with Gasteiger partial charge in [-0.3, -0.25) is 19.2 Å². The molecule has 288 valence electrons. The van der Waals surface area contributed by atoms with Gasteiger partial charge in [-0.15, -0.1) is 0 Å². The van der Waals surface area contributed by atoms with E-state index in [2.05, 4.69) is 20.6 Å². The number of aromatic nitrogens is 2. The molecule has 0 aliphatic carbocycles. The summed E-state index contributed by atoms with van der Waals surface area (Å²) >= 11 is 0. The van der Waals surface area contributed by atoms with E-state index < -0.39 is 35.8 Å². The van der Waals surface area contributed by atoms with Crippen LogP contribution in [0.1, 0.15) is 68.5 Å². The molecule has 4 aromatic carbocycles. The van der Waals surface area contributed by atoms with E-state index in [1.165, 1.54) is 7.11 Å². The number of aryl methyl sites for hydroxylation is 2. The Morgan fingerprint density at radius 1 is 0.589 bits per heavy atom. The molecule has 0 radical (unpaired) electrons. The monoisotopic (exact) mass is 760 g/mol. The lowest BCUT2D eigenvalue weighted by atomic mass is 10.0. The summed E-state index contributed by atoms with van der Waals surface area (Å²) in [5.41, 5.74) is 3.03. The van der Waals surface area contributed by atoms with E-state index in [1.807, 2.05) is 60.7 Å². The van der Waals surface area contributed by atoms with Crippen LogP contribution in [0.15, 0.2) is 118 Å². The molecule has 4 N–H and O–H groups in total. The molecule has 0 unspecified atom stereocenters. The molecule has 0 aliphatic rings. The molecule has 0 aliphatic heterocycles. The average Bonchev–Trinajstić information content (AvgIpc) is 3.80. The van der Waals surface area contributed by atoms with Crippen LogP contribution in [0.4, 0.5) is 0 Å². The zero-order valence-corrected chi connectivity index (χ0v) is 31.0. The quantitative estimate of drug-likeness (QED) is 0.0870. The van der Waals surface area contributed by atoms with Crippen molar-refractivity contribution >= 4 is 23.8 Å². The van der Waals surface area contributed by atoms with Gasteiger partial charge in [0.05, 0.1) is 39.1 Å². The molecular formula is C42H40N4O10. The topological polar surface area (TPSA) is 203 Å². The van der Waals surface area contributed by atoms with Gasteiger partial charge in [0.25, 0.3) is 11.8 Å². The first-order chi connectivity index (χ1) is 26.9. The van der Waals surface area contributed by atoms with Crippen molar-refractivity contribution in [3.8, 4) is 34.4 Å². The Morgan fingerprint density at radius 3 is 1.46 bits per heavy atom.